The minimum atomic E-state index is -0.357. The lowest BCUT2D eigenvalue weighted by Gasteiger charge is -2.33. The van der Waals surface area contributed by atoms with Crippen LogP contribution in [0.5, 0.6) is 0 Å². The van der Waals surface area contributed by atoms with Gasteiger partial charge in [-0.1, -0.05) is 13.8 Å². The molecule has 1 saturated heterocycles. The van der Waals surface area contributed by atoms with E-state index in [4.69, 9.17) is 5.11 Å². The van der Waals surface area contributed by atoms with Crippen molar-refractivity contribution in [3.8, 4) is 0 Å². The Hall–Kier alpha value is -0.610. The summed E-state index contributed by atoms with van der Waals surface area (Å²) in [4.78, 5) is 14.2. The van der Waals surface area contributed by atoms with Crippen molar-refractivity contribution in [1.29, 1.82) is 0 Å². The molecule has 1 atom stereocenters. The number of aliphatic hydroxyl groups is 1. The molecular weight excluding hydrogens is 204 g/mol. The van der Waals surface area contributed by atoms with Crippen LogP contribution in [0, 0.1) is 0 Å². The molecule has 16 heavy (non-hydrogen) atoms. The molecule has 1 heterocycles. The predicted molar refractivity (Wildman–Crippen MR) is 64.2 cm³/mol. The summed E-state index contributed by atoms with van der Waals surface area (Å²) in [5, 5.41) is 12.3. The van der Waals surface area contributed by atoms with Gasteiger partial charge in [0.25, 0.3) is 0 Å². The molecule has 4 heteroatoms. The van der Waals surface area contributed by atoms with E-state index in [0.29, 0.717) is 6.54 Å². The first-order chi connectivity index (χ1) is 7.70. The largest absolute Gasteiger partial charge is 0.395 e. The Morgan fingerprint density at radius 1 is 1.44 bits per heavy atom. The van der Waals surface area contributed by atoms with E-state index in [1.165, 1.54) is 0 Å². The van der Waals surface area contributed by atoms with Gasteiger partial charge in [-0.2, -0.15) is 0 Å². The molecule has 0 aromatic rings. The third-order valence-electron chi connectivity index (χ3n) is 3.41. The van der Waals surface area contributed by atoms with Crippen LogP contribution in [0.1, 0.15) is 39.5 Å². The summed E-state index contributed by atoms with van der Waals surface area (Å²) >= 11 is 0. The SMILES string of the molecule is CCCN(CCO)C(=O)C1(CC)CCCN1. The molecule has 0 aliphatic carbocycles. The topological polar surface area (TPSA) is 52.6 Å². The van der Waals surface area contributed by atoms with Crippen molar-refractivity contribution in [2.45, 2.75) is 45.1 Å². The van der Waals surface area contributed by atoms with Crippen molar-refractivity contribution in [2.75, 3.05) is 26.2 Å². The minimum Gasteiger partial charge on any atom is -0.395 e. The lowest BCUT2D eigenvalue weighted by molar-refractivity contribution is -0.138. The lowest BCUT2D eigenvalue weighted by atomic mass is 9.92. The Morgan fingerprint density at radius 2 is 2.19 bits per heavy atom. The summed E-state index contributed by atoms with van der Waals surface area (Å²) in [5.41, 5.74) is -0.357. The number of hydrogen-bond acceptors (Lipinski definition) is 3. The fraction of sp³-hybridized carbons (Fsp3) is 0.917. The molecule has 1 unspecified atom stereocenters. The van der Waals surface area contributed by atoms with Gasteiger partial charge < -0.3 is 15.3 Å². The maximum Gasteiger partial charge on any atom is 0.242 e. The summed E-state index contributed by atoms with van der Waals surface area (Å²) in [7, 11) is 0. The fourth-order valence-corrected chi connectivity index (χ4v) is 2.45. The molecule has 1 amide bonds. The summed E-state index contributed by atoms with van der Waals surface area (Å²) < 4.78 is 0. The molecule has 0 aromatic heterocycles. The predicted octanol–water partition coefficient (Wildman–Crippen LogP) is 0.749. The molecule has 4 nitrogen and oxygen atoms in total. The number of rotatable bonds is 6. The van der Waals surface area contributed by atoms with Gasteiger partial charge in [0.2, 0.25) is 5.91 Å². The Labute approximate surface area is 98.0 Å². The summed E-state index contributed by atoms with van der Waals surface area (Å²) in [5.74, 6) is 0.170. The van der Waals surface area contributed by atoms with Crippen LogP contribution in [0.25, 0.3) is 0 Å². The fourth-order valence-electron chi connectivity index (χ4n) is 2.45. The highest BCUT2D eigenvalue weighted by Crippen LogP contribution is 2.25. The number of hydrogen-bond donors (Lipinski definition) is 2. The van der Waals surface area contributed by atoms with Gasteiger partial charge in [-0.25, -0.2) is 0 Å². The highest BCUT2D eigenvalue weighted by atomic mass is 16.3. The second-order valence-corrected chi connectivity index (χ2v) is 4.48. The first kappa shape index (κ1) is 13.5. The van der Waals surface area contributed by atoms with Crippen LogP contribution in [0.4, 0.5) is 0 Å². The van der Waals surface area contributed by atoms with Crippen molar-refractivity contribution in [3.05, 3.63) is 0 Å². The van der Waals surface area contributed by atoms with Gasteiger partial charge in [-0.15, -0.1) is 0 Å². The van der Waals surface area contributed by atoms with Crippen LogP contribution >= 0.6 is 0 Å². The van der Waals surface area contributed by atoms with E-state index >= 15 is 0 Å². The van der Waals surface area contributed by atoms with E-state index in [9.17, 15) is 4.79 Å². The van der Waals surface area contributed by atoms with E-state index in [1.807, 2.05) is 0 Å². The standard InChI is InChI=1S/C12H24N2O2/c1-3-8-14(9-10-15)11(16)12(4-2)6-5-7-13-12/h13,15H,3-10H2,1-2H3. The van der Waals surface area contributed by atoms with E-state index < -0.39 is 0 Å². The van der Waals surface area contributed by atoms with Gasteiger partial charge in [0.1, 0.15) is 0 Å². The van der Waals surface area contributed by atoms with Gasteiger partial charge in [-0.3, -0.25) is 4.79 Å². The van der Waals surface area contributed by atoms with Gasteiger partial charge >= 0.3 is 0 Å². The molecule has 1 rings (SSSR count). The number of amides is 1. The molecule has 0 saturated carbocycles. The molecule has 0 spiro atoms. The second kappa shape index (κ2) is 6.21. The Balaban J connectivity index is 2.70. The van der Waals surface area contributed by atoms with Gasteiger partial charge in [-0.05, 0) is 32.2 Å². The van der Waals surface area contributed by atoms with Gasteiger partial charge in [0.05, 0.1) is 12.1 Å². The molecular formula is C12H24N2O2. The van der Waals surface area contributed by atoms with E-state index in [1.54, 1.807) is 4.90 Å². The Morgan fingerprint density at radius 3 is 2.62 bits per heavy atom. The third kappa shape index (κ3) is 2.74. The van der Waals surface area contributed by atoms with Crippen LogP contribution in [0.15, 0.2) is 0 Å². The van der Waals surface area contributed by atoms with Crippen LogP contribution < -0.4 is 5.32 Å². The highest BCUT2D eigenvalue weighted by Gasteiger charge is 2.41. The first-order valence-corrected chi connectivity index (χ1v) is 6.35. The van der Waals surface area contributed by atoms with Crippen LogP contribution in [-0.4, -0.2) is 47.7 Å². The van der Waals surface area contributed by atoms with E-state index in [0.717, 1.165) is 38.8 Å². The molecule has 1 aliphatic heterocycles. The maximum absolute atomic E-state index is 12.4. The number of nitrogens with zero attached hydrogens (tertiary/aromatic N) is 1. The summed E-state index contributed by atoms with van der Waals surface area (Å²) in [6.45, 7) is 6.28. The molecule has 0 radical (unpaired) electrons. The molecule has 1 fully saturated rings. The molecule has 2 N–H and O–H groups in total. The molecule has 94 valence electrons. The first-order valence-electron chi connectivity index (χ1n) is 6.35. The Bertz CT molecular complexity index is 219. The zero-order valence-electron chi connectivity index (χ0n) is 10.5. The highest BCUT2D eigenvalue weighted by molar-refractivity contribution is 5.86. The van der Waals surface area contributed by atoms with Crippen LogP contribution in [0.3, 0.4) is 0 Å². The summed E-state index contributed by atoms with van der Waals surface area (Å²) in [6.07, 6.45) is 3.76. The van der Waals surface area contributed by atoms with Crippen molar-refractivity contribution < 1.29 is 9.90 Å². The van der Waals surface area contributed by atoms with E-state index in [-0.39, 0.29) is 18.1 Å². The van der Waals surface area contributed by atoms with Crippen molar-refractivity contribution >= 4 is 5.91 Å². The van der Waals surface area contributed by atoms with Crippen molar-refractivity contribution in [3.63, 3.8) is 0 Å². The average molecular weight is 228 g/mol. The number of nitrogens with one attached hydrogen (secondary N) is 1. The molecule has 0 aromatic carbocycles. The number of carbonyl (C=O) groups excluding carboxylic acids is 1. The van der Waals surface area contributed by atoms with Gasteiger partial charge in [0.15, 0.2) is 0 Å². The molecule has 0 bridgehead atoms. The smallest absolute Gasteiger partial charge is 0.242 e. The van der Waals surface area contributed by atoms with Crippen molar-refractivity contribution in [2.24, 2.45) is 0 Å². The number of aliphatic hydroxyl groups excluding tert-OH is 1. The van der Waals surface area contributed by atoms with Gasteiger partial charge in [0, 0.05) is 13.1 Å². The quantitative estimate of drug-likeness (QED) is 0.705. The zero-order valence-corrected chi connectivity index (χ0v) is 10.5. The Kier molecular flexibility index (Phi) is 5.22. The third-order valence-corrected chi connectivity index (χ3v) is 3.41. The minimum absolute atomic E-state index is 0.0472. The van der Waals surface area contributed by atoms with Crippen molar-refractivity contribution in [1.82, 2.24) is 10.2 Å². The maximum atomic E-state index is 12.4. The zero-order chi connectivity index (χ0) is 12.0. The normalized spacial score (nSPS) is 24.7. The second-order valence-electron chi connectivity index (χ2n) is 4.48. The molecule has 1 aliphatic rings. The van der Waals surface area contributed by atoms with E-state index in [2.05, 4.69) is 19.2 Å². The number of carbonyl (C=O) groups is 1. The van der Waals surface area contributed by atoms with Crippen LogP contribution in [0.2, 0.25) is 0 Å². The monoisotopic (exact) mass is 228 g/mol. The lowest BCUT2D eigenvalue weighted by Crippen LogP contribution is -2.55. The summed E-state index contributed by atoms with van der Waals surface area (Å²) in [6, 6.07) is 0. The average Bonchev–Trinajstić information content (AvgIpc) is 2.77. The van der Waals surface area contributed by atoms with Crippen LogP contribution in [-0.2, 0) is 4.79 Å².